The minimum atomic E-state index is -3.17. The molecule has 0 saturated heterocycles. The van der Waals surface area contributed by atoms with E-state index in [1.807, 2.05) is 0 Å². The minimum absolute atomic E-state index is 0.0521. The van der Waals surface area contributed by atoms with Gasteiger partial charge in [0.05, 0.1) is 5.75 Å². The van der Waals surface area contributed by atoms with Crippen LogP contribution in [0.3, 0.4) is 0 Å². The lowest BCUT2D eigenvalue weighted by molar-refractivity contribution is 0.588. The molecular weight excluding hydrogens is 176 g/mol. The summed E-state index contributed by atoms with van der Waals surface area (Å²) < 4.78 is 24.2. The molecule has 0 saturated carbocycles. The normalized spacial score (nSPS) is 12.1. The molecule has 0 unspecified atom stereocenters. The molecule has 0 aromatic rings. The second-order valence-electron chi connectivity index (χ2n) is 2.13. The summed E-state index contributed by atoms with van der Waals surface area (Å²) in [4.78, 5) is 0. The molecule has 0 fully saturated rings. The number of nitrogens with two attached hydrogens (primary N) is 1. The van der Waals surface area contributed by atoms with E-state index in [4.69, 9.17) is 5.73 Å². The van der Waals surface area contributed by atoms with Crippen LogP contribution in [0.5, 0.6) is 0 Å². The van der Waals surface area contributed by atoms with E-state index < -0.39 is 10.0 Å². The number of rotatable bonds is 6. The Bertz CT molecular complexity index is 244. The van der Waals surface area contributed by atoms with Crippen molar-refractivity contribution in [1.29, 1.82) is 0 Å². The largest absolute Gasteiger partial charge is 0.327 e. The summed E-state index contributed by atoms with van der Waals surface area (Å²) in [6, 6.07) is 0. The molecule has 3 N–H and O–H groups in total. The van der Waals surface area contributed by atoms with Crippen molar-refractivity contribution in [3.8, 4) is 0 Å². The quantitative estimate of drug-likeness (QED) is 0.560. The van der Waals surface area contributed by atoms with Crippen molar-refractivity contribution in [1.82, 2.24) is 4.72 Å². The maximum Gasteiger partial charge on any atom is 0.215 e. The fraction of sp³-hybridized carbons (Fsp3) is 0.429. The molecule has 0 aliphatic carbocycles. The summed E-state index contributed by atoms with van der Waals surface area (Å²) in [6.45, 7) is 4.04. The lowest BCUT2D eigenvalue weighted by atomic mass is 10.5. The molecule has 0 aliphatic rings. The molecular formula is C7H14N2O2S. The van der Waals surface area contributed by atoms with Gasteiger partial charge in [-0.3, -0.25) is 0 Å². The van der Waals surface area contributed by atoms with E-state index in [1.54, 1.807) is 12.2 Å². The number of hydrogen-bond acceptors (Lipinski definition) is 3. The van der Waals surface area contributed by atoms with Crippen LogP contribution in [0.1, 0.15) is 0 Å². The number of hydrogen-bond donors (Lipinski definition) is 2. The van der Waals surface area contributed by atoms with Crippen molar-refractivity contribution in [3.05, 3.63) is 24.8 Å². The number of nitrogens with one attached hydrogen (secondary N) is 1. The molecule has 70 valence electrons. The van der Waals surface area contributed by atoms with Gasteiger partial charge in [0.15, 0.2) is 0 Å². The molecule has 0 atom stereocenters. The van der Waals surface area contributed by atoms with Crippen LogP contribution in [0.25, 0.3) is 0 Å². The third-order valence-electron chi connectivity index (χ3n) is 1.06. The van der Waals surface area contributed by atoms with Crippen molar-refractivity contribution in [2.45, 2.75) is 0 Å². The Morgan fingerprint density at radius 1 is 1.42 bits per heavy atom. The third kappa shape index (κ3) is 6.09. The topological polar surface area (TPSA) is 72.2 Å². The Morgan fingerprint density at radius 3 is 2.58 bits per heavy atom. The van der Waals surface area contributed by atoms with E-state index >= 15 is 0 Å². The van der Waals surface area contributed by atoms with E-state index in [-0.39, 0.29) is 12.3 Å². The molecule has 0 aromatic carbocycles. The summed E-state index contributed by atoms with van der Waals surface area (Å²) in [6.07, 6.45) is 4.70. The maximum atomic E-state index is 10.9. The summed E-state index contributed by atoms with van der Waals surface area (Å²) in [7, 11) is -3.17. The molecule has 0 heterocycles. The van der Waals surface area contributed by atoms with E-state index in [0.29, 0.717) is 6.54 Å². The summed E-state index contributed by atoms with van der Waals surface area (Å²) in [5.41, 5.74) is 5.16. The van der Waals surface area contributed by atoms with Gasteiger partial charge in [0.1, 0.15) is 0 Å². The molecule has 0 aromatic heterocycles. The van der Waals surface area contributed by atoms with Crippen molar-refractivity contribution >= 4 is 10.0 Å². The summed E-state index contributed by atoms with van der Waals surface area (Å²) >= 11 is 0. The average molecular weight is 190 g/mol. The van der Waals surface area contributed by atoms with Crippen molar-refractivity contribution < 1.29 is 8.42 Å². The van der Waals surface area contributed by atoms with Crippen LogP contribution in [-0.4, -0.2) is 27.3 Å². The van der Waals surface area contributed by atoms with Gasteiger partial charge < -0.3 is 5.73 Å². The molecule has 0 amide bonds. The summed E-state index contributed by atoms with van der Waals surface area (Å²) in [5.74, 6) is -0.0521. The highest BCUT2D eigenvalue weighted by molar-refractivity contribution is 7.89. The first-order valence-corrected chi connectivity index (χ1v) is 5.21. The highest BCUT2D eigenvalue weighted by atomic mass is 32.2. The van der Waals surface area contributed by atoms with Crippen LogP contribution in [0.4, 0.5) is 0 Å². The van der Waals surface area contributed by atoms with Crippen molar-refractivity contribution in [2.75, 3.05) is 18.8 Å². The van der Waals surface area contributed by atoms with Crippen LogP contribution in [0, 0.1) is 0 Å². The zero-order chi connectivity index (χ0) is 9.45. The van der Waals surface area contributed by atoms with Gasteiger partial charge >= 0.3 is 0 Å². The number of sulfonamides is 1. The first-order chi connectivity index (χ1) is 5.62. The maximum absolute atomic E-state index is 10.9. The molecule has 0 radical (unpaired) electrons. The van der Waals surface area contributed by atoms with Crippen molar-refractivity contribution in [2.24, 2.45) is 5.73 Å². The predicted octanol–water partition coefficient (Wildman–Crippen LogP) is -0.393. The first kappa shape index (κ1) is 11.4. The Morgan fingerprint density at radius 2 is 2.08 bits per heavy atom. The smallest absolute Gasteiger partial charge is 0.215 e. The lowest BCUT2D eigenvalue weighted by Crippen LogP contribution is -2.25. The molecule has 0 rings (SSSR count). The zero-order valence-electron chi connectivity index (χ0n) is 6.86. The van der Waals surface area contributed by atoms with E-state index in [2.05, 4.69) is 11.3 Å². The third-order valence-corrected chi connectivity index (χ3v) is 2.34. The van der Waals surface area contributed by atoms with Crippen LogP contribution < -0.4 is 10.5 Å². The second kappa shape index (κ2) is 5.93. The van der Waals surface area contributed by atoms with Gasteiger partial charge in [-0.25, -0.2) is 13.1 Å². The Balaban J connectivity index is 3.76. The van der Waals surface area contributed by atoms with Gasteiger partial charge in [-0.15, -0.1) is 6.58 Å². The standard InChI is InChI=1S/C7H14N2O2S/c1-2-7-12(10,11)9-6-4-3-5-8/h2-4,9H,1,5-8H2/b4-3+. The molecule has 0 bridgehead atoms. The van der Waals surface area contributed by atoms with Gasteiger partial charge in [-0.2, -0.15) is 0 Å². The second-order valence-corrected chi connectivity index (χ2v) is 3.98. The van der Waals surface area contributed by atoms with Gasteiger partial charge in [-0.1, -0.05) is 18.2 Å². The van der Waals surface area contributed by atoms with Crippen LogP contribution in [-0.2, 0) is 10.0 Å². The van der Waals surface area contributed by atoms with E-state index in [9.17, 15) is 8.42 Å². The molecule has 12 heavy (non-hydrogen) atoms. The SMILES string of the molecule is C=CCS(=O)(=O)NC/C=C/CN. The van der Waals surface area contributed by atoms with Gasteiger partial charge in [0.2, 0.25) is 10.0 Å². The molecule has 5 heteroatoms. The predicted molar refractivity (Wildman–Crippen MR) is 50.2 cm³/mol. The van der Waals surface area contributed by atoms with E-state index in [0.717, 1.165) is 0 Å². The fourth-order valence-electron chi connectivity index (χ4n) is 0.569. The zero-order valence-corrected chi connectivity index (χ0v) is 7.68. The van der Waals surface area contributed by atoms with Crippen LogP contribution >= 0.6 is 0 Å². The van der Waals surface area contributed by atoms with Gasteiger partial charge in [0.25, 0.3) is 0 Å². The minimum Gasteiger partial charge on any atom is -0.327 e. The highest BCUT2D eigenvalue weighted by Gasteiger charge is 2.03. The fourth-order valence-corrected chi connectivity index (χ4v) is 1.35. The molecule has 0 aliphatic heterocycles. The molecule has 4 nitrogen and oxygen atoms in total. The van der Waals surface area contributed by atoms with Gasteiger partial charge in [-0.05, 0) is 0 Å². The monoisotopic (exact) mass is 190 g/mol. The van der Waals surface area contributed by atoms with Crippen LogP contribution in [0.15, 0.2) is 24.8 Å². The summed E-state index contributed by atoms with van der Waals surface area (Å²) in [5, 5.41) is 0. The Labute approximate surface area is 73.2 Å². The lowest BCUT2D eigenvalue weighted by Gasteiger charge is -1.99. The first-order valence-electron chi connectivity index (χ1n) is 3.55. The molecule has 0 spiro atoms. The highest BCUT2D eigenvalue weighted by Crippen LogP contribution is 1.83. The van der Waals surface area contributed by atoms with Gasteiger partial charge in [0, 0.05) is 13.1 Å². The Kier molecular flexibility index (Phi) is 5.61. The van der Waals surface area contributed by atoms with Crippen LogP contribution in [0.2, 0.25) is 0 Å². The Hall–Kier alpha value is -0.650. The van der Waals surface area contributed by atoms with E-state index in [1.165, 1.54) is 6.08 Å². The van der Waals surface area contributed by atoms with Crippen molar-refractivity contribution in [3.63, 3.8) is 0 Å². The average Bonchev–Trinajstić information content (AvgIpc) is 1.98.